The van der Waals surface area contributed by atoms with Crippen LogP contribution in [0.15, 0.2) is 12.1 Å². The van der Waals surface area contributed by atoms with E-state index in [4.69, 9.17) is 11.0 Å². The van der Waals surface area contributed by atoms with Gasteiger partial charge in [-0.25, -0.2) is 4.98 Å². The van der Waals surface area contributed by atoms with Gasteiger partial charge in [-0.2, -0.15) is 5.26 Å². The summed E-state index contributed by atoms with van der Waals surface area (Å²) in [6, 6.07) is 4.91. The van der Waals surface area contributed by atoms with Crippen molar-refractivity contribution < 1.29 is 4.92 Å². The number of nitriles is 1. The van der Waals surface area contributed by atoms with Crippen molar-refractivity contribution in [3.63, 3.8) is 0 Å². The fraction of sp³-hybridized carbons (Fsp3) is 0.538. The van der Waals surface area contributed by atoms with Gasteiger partial charge in [0.1, 0.15) is 11.9 Å². The van der Waals surface area contributed by atoms with Gasteiger partial charge in [-0.05, 0) is 31.7 Å². The zero-order chi connectivity index (χ0) is 14.7. The van der Waals surface area contributed by atoms with E-state index in [1.54, 1.807) is 12.1 Å². The third-order valence-corrected chi connectivity index (χ3v) is 3.77. The number of hydrogen-bond donors (Lipinski definition) is 1. The first-order valence-electron chi connectivity index (χ1n) is 6.59. The molecule has 1 fully saturated rings. The van der Waals surface area contributed by atoms with Crippen LogP contribution in [-0.2, 0) is 0 Å². The number of aromatic nitrogens is 1. The topological polar surface area (TPSA) is 109 Å². The molecule has 2 heterocycles. The molecule has 1 aliphatic rings. The number of hydrogen-bond acceptors (Lipinski definition) is 6. The highest BCUT2D eigenvalue weighted by Gasteiger charge is 2.24. The van der Waals surface area contributed by atoms with Gasteiger partial charge in [-0.15, -0.1) is 0 Å². The fourth-order valence-corrected chi connectivity index (χ4v) is 2.50. The van der Waals surface area contributed by atoms with Crippen molar-refractivity contribution >= 4 is 11.5 Å². The van der Waals surface area contributed by atoms with E-state index in [-0.39, 0.29) is 17.4 Å². The van der Waals surface area contributed by atoms with Crippen LogP contribution in [0.25, 0.3) is 0 Å². The SMILES string of the molecule is CC(N)C1CCN(c2ccc([N+](=O)[O-])c(C#N)n2)CC1. The first-order valence-corrected chi connectivity index (χ1v) is 6.59. The predicted octanol–water partition coefficient (Wildman–Crippen LogP) is 1.43. The molecule has 1 atom stereocenters. The van der Waals surface area contributed by atoms with Gasteiger partial charge in [0.05, 0.1) is 4.92 Å². The molecule has 0 bridgehead atoms. The largest absolute Gasteiger partial charge is 0.357 e. The Hall–Kier alpha value is -2.20. The molecule has 2 N–H and O–H groups in total. The van der Waals surface area contributed by atoms with Gasteiger partial charge in [-0.3, -0.25) is 10.1 Å². The lowest BCUT2D eigenvalue weighted by atomic mass is 9.91. The third-order valence-electron chi connectivity index (χ3n) is 3.77. The monoisotopic (exact) mass is 275 g/mol. The van der Waals surface area contributed by atoms with Crippen LogP contribution < -0.4 is 10.6 Å². The second-order valence-corrected chi connectivity index (χ2v) is 5.09. The zero-order valence-electron chi connectivity index (χ0n) is 11.3. The van der Waals surface area contributed by atoms with E-state index in [1.165, 1.54) is 6.07 Å². The highest BCUT2D eigenvalue weighted by Crippen LogP contribution is 2.26. The maximum absolute atomic E-state index is 10.8. The molecule has 106 valence electrons. The first-order chi connectivity index (χ1) is 9.52. The van der Waals surface area contributed by atoms with E-state index in [0.717, 1.165) is 25.9 Å². The third kappa shape index (κ3) is 2.86. The maximum atomic E-state index is 10.8. The van der Waals surface area contributed by atoms with Crippen molar-refractivity contribution in [2.24, 2.45) is 11.7 Å². The lowest BCUT2D eigenvalue weighted by molar-refractivity contribution is -0.385. The summed E-state index contributed by atoms with van der Waals surface area (Å²) < 4.78 is 0. The number of anilines is 1. The summed E-state index contributed by atoms with van der Waals surface area (Å²) in [5.74, 6) is 1.12. The van der Waals surface area contributed by atoms with Gasteiger partial charge in [-0.1, -0.05) is 0 Å². The van der Waals surface area contributed by atoms with E-state index in [0.29, 0.717) is 11.7 Å². The van der Waals surface area contributed by atoms with Crippen LogP contribution in [0.3, 0.4) is 0 Å². The van der Waals surface area contributed by atoms with Crippen LogP contribution in [0.2, 0.25) is 0 Å². The summed E-state index contributed by atoms with van der Waals surface area (Å²) in [6.07, 6.45) is 1.94. The summed E-state index contributed by atoms with van der Waals surface area (Å²) >= 11 is 0. The molecule has 0 aliphatic carbocycles. The van der Waals surface area contributed by atoms with Crippen molar-refractivity contribution in [2.75, 3.05) is 18.0 Å². The molecule has 7 nitrogen and oxygen atoms in total. The van der Waals surface area contributed by atoms with Crippen LogP contribution >= 0.6 is 0 Å². The van der Waals surface area contributed by atoms with Crippen molar-refractivity contribution in [2.45, 2.75) is 25.8 Å². The van der Waals surface area contributed by atoms with E-state index in [2.05, 4.69) is 4.98 Å². The van der Waals surface area contributed by atoms with Crippen LogP contribution in [-0.4, -0.2) is 29.0 Å². The molecule has 1 aromatic rings. The summed E-state index contributed by atoms with van der Waals surface area (Å²) in [5, 5.41) is 19.7. The van der Waals surface area contributed by atoms with E-state index < -0.39 is 4.92 Å². The Kier molecular flexibility index (Phi) is 4.15. The molecule has 0 aromatic carbocycles. The number of nitro groups is 1. The first kappa shape index (κ1) is 14.2. The summed E-state index contributed by atoms with van der Waals surface area (Å²) in [7, 11) is 0. The minimum Gasteiger partial charge on any atom is -0.357 e. The number of nitrogens with zero attached hydrogens (tertiary/aromatic N) is 4. The Morgan fingerprint density at radius 3 is 2.70 bits per heavy atom. The number of piperidine rings is 1. The standard InChI is InChI=1S/C13H17N5O2/c1-9(15)10-4-6-17(7-5-10)13-3-2-12(18(19)20)11(8-14)16-13/h2-3,9-10H,4-7,15H2,1H3. The molecule has 1 saturated heterocycles. The van der Waals surface area contributed by atoms with Crippen molar-refractivity contribution in [1.82, 2.24) is 4.98 Å². The second kappa shape index (κ2) is 5.84. The van der Waals surface area contributed by atoms with Gasteiger partial charge in [0.2, 0.25) is 5.69 Å². The van der Waals surface area contributed by atoms with Gasteiger partial charge >= 0.3 is 5.69 Å². The molecule has 7 heteroatoms. The van der Waals surface area contributed by atoms with Crippen molar-refractivity contribution in [3.05, 3.63) is 27.9 Å². The van der Waals surface area contributed by atoms with Crippen molar-refractivity contribution in [3.8, 4) is 6.07 Å². The molecule has 1 aliphatic heterocycles. The zero-order valence-corrected chi connectivity index (χ0v) is 11.3. The van der Waals surface area contributed by atoms with Crippen LogP contribution in [0, 0.1) is 27.4 Å². The van der Waals surface area contributed by atoms with Crippen molar-refractivity contribution in [1.29, 1.82) is 5.26 Å². The normalized spacial score (nSPS) is 17.6. The summed E-state index contributed by atoms with van der Waals surface area (Å²) in [4.78, 5) is 16.3. The molecular formula is C13H17N5O2. The number of rotatable bonds is 3. The van der Waals surface area contributed by atoms with Crippen LogP contribution in [0.5, 0.6) is 0 Å². The molecular weight excluding hydrogens is 258 g/mol. The average Bonchev–Trinajstić information content (AvgIpc) is 2.46. The molecule has 0 radical (unpaired) electrons. The summed E-state index contributed by atoms with van der Waals surface area (Å²) in [5.41, 5.74) is 5.51. The highest BCUT2D eigenvalue weighted by atomic mass is 16.6. The Labute approximate surface area is 117 Å². The lowest BCUT2D eigenvalue weighted by Crippen LogP contribution is -2.40. The van der Waals surface area contributed by atoms with Crippen LogP contribution in [0.4, 0.5) is 11.5 Å². The minimum atomic E-state index is -0.586. The average molecular weight is 275 g/mol. The number of pyridine rings is 1. The Balaban J connectivity index is 2.15. The maximum Gasteiger partial charge on any atom is 0.305 e. The molecule has 1 unspecified atom stereocenters. The van der Waals surface area contributed by atoms with Crippen LogP contribution in [0.1, 0.15) is 25.5 Å². The molecule has 20 heavy (non-hydrogen) atoms. The Morgan fingerprint density at radius 2 is 2.20 bits per heavy atom. The van der Waals surface area contributed by atoms with Gasteiger partial charge < -0.3 is 10.6 Å². The summed E-state index contributed by atoms with van der Waals surface area (Å²) in [6.45, 7) is 3.63. The molecule has 0 spiro atoms. The van der Waals surface area contributed by atoms with E-state index >= 15 is 0 Å². The van der Waals surface area contributed by atoms with Gasteiger partial charge in [0, 0.05) is 25.2 Å². The molecule has 0 saturated carbocycles. The predicted molar refractivity (Wildman–Crippen MR) is 74.2 cm³/mol. The van der Waals surface area contributed by atoms with Gasteiger partial charge in [0.25, 0.3) is 0 Å². The van der Waals surface area contributed by atoms with E-state index in [9.17, 15) is 10.1 Å². The smallest absolute Gasteiger partial charge is 0.305 e. The molecule has 1 aromatic heterocycles. The fourth-order valence-electron chi connectivity index (χ4n) is 2.50. The lowest BCUT2D eigenvalue weighted by Gasteiger charge is -2.34. The van der Waals surface area contributed by atoms with E-state index in [1.807, 2.05) is 11.8 Å². The molecule has 0 amide bonds. The Bertz CT molecular complexity index is 544. The quantitative estimate of drug-likeness (QED) is 0.660. The second-order valence-electron chi connectivity index (χ2n) is 5.09. The van der Waals surface area contributed by atoms with Gasteiger partial charge in [0.15, 0.2) is 0 Å². The Morgan fingerprint density at radius 1 is 1.55 bits per heavy atom. The minimum absolute atomic E-state index is 0.137. The number of nitrogens with two attached hydrogens (primary N) is 1. The molecule has 2 rings (SSSR count). The highest BCUT2D eigenvalue weighted by molar-refractivity contribution is 5.51.